The average Bonchev–Trinajstić information content (AvgIpc) is 2.44. The van der Waals surface area contributed by atoms with Crippen LogP contribution in [-0.2, 0) is 0 Å². The number of nitrogens with zero attached hydrogens (tertiary/aromatic N) is 1. The molecule has 0 bridgehead atoms. The Balaban J connectivity index is 2.00. The van der Waals surface area contributed by atoms with Gasteiger partial charge in [0.25, 0.3) is 0 Å². The van der Waals surface area contributed by atoms with E-state index in [1.807, 2.05) is 0 Å². The maximum absolute atomic E-state index is 13.4. The van der Waals surface area contributed by atoms with Crippen LogP contribution < -0.4 is 5.32 Å². The maximum atomic E-state index is 13.4. The van der Waals surface area contributed by atoms with Crippen LogP contribution in [0.1, 0.15) is 12.8 Å². The third-order valence-electron chi connectivity index (χ3n) is 3.41. The molecule has 1 aliphatic heterocycles. The lowest BCUT2D eigenvalue weighted by molar-refractivity contribution is 0.143. The second kappa shape index (κ2) is 6.13. The van der Waals surface area contributed by atoms with E-state index in [-0.39, 0.29) is 12.5 Å². The summed E-state index contributed by atoms with van der Waals surface area (Å²) in [6.07, 6.45) is 1.31. The number of carbonyl (C=O) groups is 1. The Morgan fingerprint density at radius 2 is 1.80 bits per heavy atom. The van der Waals surface area contributed by atoms with Crippen molar-refractivity contribution in [1.29, 1.82) is 0 Å². The number of benzene rings is 1. The van der Waals surface area contributed by atoms with Crippen LogP contribution in [0.25, 0.3) is 0 Å². The van der Waals surface area contributed by atoms with Crippen molar-refractivity contribution >= 4 is 11.7 Å². The maximum Gasteiger partial charge on any atom is 0.321 e. The van der Waals surface area contributed by atoms with Gasteiger partial charge in [-0.15, -0.1) is 0 Å². The van der Waals surface area contributed by atoms with Gasteiger partial charge in [-0.05, 0) is 18.8 Å². The monoisotopic (exact) mass is 288 g/mol. The fourth-order valence-corrected chi connectivity index (χ4v) is 2.13. The Morgan fingerprint density at radius 3 is 2.40 bits per heavy atom. The van der Waals surface area contributed by atoms with E-state index in [0.717, 1.165) is 0 Å². The van der Waals surface area contributed by atoms with Crippen LogP contribution in [0.3, 0.4) is 0 Å². The second-order valence-electron chi connectivity index (χ2n) is 4.79. The number of likely N-dealkylation sites (tertiary alicyclic amines) is 1. The van der Waals surface area contributed by atoms with Gasteiger partial charge in [0.1, 0.15) is 5.82 Å². The number of amides is 2. The minimum absolute atomic E-state index is 0.0766. The summed E-state index contributed by atoms with van der Waals surface area (Å²) in [6, 6.07) is 0.442. The summed E-state index contributed by atoms with van der Waals surface area (Å²) in [6.45, 7) is 0.942. The molecule has 2 N–H and O–H groups in total. The van der Waals surface area contributed by atoms with Gasteiger partial charge in [0.05, 0.1) is 5.69 Å². The molecule has 2 rings (SSSR count). The largest absolute Gasteiger partial charge is 0.396 e. The number of anilines is 1. The summed E-state index contributed by atoms with van der Waals surface area (Å²) < 4.78 is 39.2. The highest BCUT2D eigenvalue weighted by Crippen LogP contribution is 2.21. The molecule has 0 atom stereocenters. The van der Waals surface area contributed by atoms with Crippen LogP contribution in [0.5, 0.6) is 0 Å². The molecule has 110 valence electrons. The van der Waals surface area contributed by atoms with Crippen molar-refractivity contribution in [1.82, 2.24) is 4.90 Å². The third kappa shape index (κ3) is 3.22. The zero-order chi connectivity index (χ0) is 14.7. The first kappa shape index (κ1) is 14.6. The molecule has 1 aromatic carbocycles. The summed E-state index contributed by atoms with van der Waals surface area (Å²) in [5.74, 6) is -3.38. The van der Waals surface area contributed by atoms with Gasteiger partial charge in [-0.25, -0.2) is 18.0 Å². The molecule has 4 nitrogen and oxygen atoms in total. The van der Waals surface area contributed by atoms with Crippen molar-refractivity contribution in [2.45, 2.75) is 12.8 Å². The first-order valence-corrected chi connectivity index (χ1v) is 6.32. The van der Waals surface area contributed by atoms with Crippen molar-refractivity contribution < 1.29 is 23.1 Å². The third-order valence-corrected chi connectivity index (χ3v) is 3.41. The Morgan fingerprint density at radius 1 is 1.20 bits per heavy atom. The first-order chi connectivity index (χ1) is 9.51. The molecule has 1 fully saturated rings. The number of aliphatic hydroxyl groups excluding tert-OH is 1. The van der Waals surface area contributed by atoms with Crippen molar-refractivity contribution in [3.05, 3.63) is 29.6 Å². The van der Waals surface area contributed by atoms with E-state index in [0.29, 0.717) is 38.1 Å². The van der Waals surface area contributed by atoms with Crippen LogP contribution in [0.2, 0.25) is 0 Å². The highest BCUT2D eigenvalue weighted by molar-refractivity contribution is 5.89. The Bertz CT molecular complexity index is 503. The van der Waals surface area contributed by atoms with Crippen LogP contribution in [-0.4, -0.2) is 35.7 Å². The van der Waals surface area contributed by atoms with E-state index in [2.05, 4.69) is 5.32 Å². The SMILES string of the molecule is O=C(Nc1cc(F)c(F)cc1F)N1CCC(CO)CC1. The Labute approximate surface area is 114 Å². The van der Waals surface area contributed by atoms with Gasteiger partial charge < -0.3 is 15.3 Å². The van der Waals surface area contributed by atoms with E-state index < -0.39 is 29.2 Å². The molecule has 0 aliphatic carbocycles. The summed E-state index contributed by atoms with van der Waals surface area (Å²) >= 11 is 0. The smallest absolute Gasteiger partial charge is 0.321 e. The summed E-state index contributed by atoms with van der Waals surface area (Å²) in [4.78, 5) is 13.3. The van der Waals surface area contributed by atoms with E-state index >= 15 is 0 Å². The average molecular weight is 288 g/mol. The summed E-state index contributed by atoms with van der Waals surface area (Å²) in [7, 11) is 0. The second-order valence-corrected chi connectivity index (χ2v) is 4.79. The molecule has 1 aromatic rings. The number of aliphatic hydroxyl groups is 1. The molecule has 1 saturated heterocycles. The molecular formula is C13H15F3N2O2. The number of hydrogen-bond acceptors (Lipinski definition) is 2. The number of carbonyl (C=O) groups excluding carboxylic acids is 1. The quantitative estimate of drug-likeness (QED) is 0.821. The van der Waals surface area contributed by atoms with Gasteiger partial charge in [-0.2, -0.15) is 0 Å². The van der Waals surface area contributed by atoms with Crippen LogP contribution >= 0.6 is 0 Å². The Hall–Kier alpha value is -1.76. The van der Waals surface area contributed by atoms with Crippen molar-refractivity contribution in [2.24, 2.45) is 5.92 Å². The van der Waals surface area contributed by atoms with Gasteiger partial charge in [-0.1, -0.05) is 0 Å². The van der Waals surface area contributed by atoms with E-state index in [4.69, 9.17) is 5.11 Å². The number of urea groups is 1. The van der Waals surface area contributed by atoms with E-state index in [9.17, 15) is 18.0 Å². The normalized spacial score (nSPS) is 16.3. The van der Waals surface area contributed by atoms with Crippen molar-refractivity contribution in [3.63, 3.8) is 0 Å². The molecule has 1 aliphatic rings. The van der Waals surface area contributed by atoms with Crippen LogP contribution in [0.15, 0.2) is 12.1 Å². The molecule has 0 radical (unpaired) electrons. The molecule has 7 heteroatoms. The van der Waals surface area contributed by atoms with Gasteiger partial charge >= 0.3 is 6.03 Å². The lowest BCUT2D eigenvalue weighted by Gasteiger charge is -2.31. The first-order valence-electron chi connectivity index (χ1n) is 6.32. The predicted octanol–water partition coefficient (Wildman–Crippen LogP) is 2.34. The van der Waals surface area contributed by atoms with Crippen LogP contribution in [0, 0.1) is 23.4 Å². The zero-order valence-electron chi connectivity index (χ0n) is 10.7. The lowest BCUT2D eigenvalue weighted by Crippen LogP contribution is -2.41. The molecular weight excluding hydrogens is 273 g/mol. The van der Waals surface area contributed by atoms with Gasteiger partial charge in [0.15, 0.2) is 11.6 Å². The molecule has 0 spiro atoms. The number of nitrogens with one attached hydrogen (secondary N) is 1. The molecule has 0 saturated carbocycles. The number of piperidine rings is 1. The van der Waals surface area contributed by atoms with Crippen molar-refractivity contribution in [2.75, 3.05) is 25.0 Å². The molecule has 0 unspecified atom stereocenters. The fourth-order valence-electron chi connectivity index (χ4n) is 2.13. The van der Waals surface area contributed by atoms with E-state index in [1.165, 1.54) is 4.90 Å². The Kier molecular flexibility index (Phi) is 4.49. The molecule has 2 amide bonds. The number of hydrogen-bond donors (Lipinski definition) is 2. The number of rotatable bonds is 2. The van der Waals surface area contributed by atoms with Gasteiger partial charge in [-0.3, -0.25) is 0 Å². The molecule has 0 aromatic heterocycles. The summed E-state index contributed by atoms with van der Waals surface area (Å²) in [5.41, 5.74) is -0.391. The van der Waals surface area contributed by atoms with Gasteiger partial charge in [0, 0.05) is 31.8 Å². The fraction of sp³-hybridized carbons (Fsp3) is 0.462. The zero-order valence-corrected chi connectivity index (χ0v) is 10.7. The predicted molar refractivity (Wildman–Crippen MR) is 66.7 cm³/mol. The minimum atomic E-state index is -1.30. The van der Waals surface area contributed by atoms with Gasteiger partial charge in [0.2, 0.25) is 0 Å². The highest BCUT2D eigenvalue weighted by atomic mass is 19.2. The standard InChI is InChI=1S/C13H15F3N2O2/c14-9-5-11(16)12(6-10(9)15)17-13(20)18-3-1-8(7-19)2-4-18/h5-6,8,19H,1-4,7H2,(H,17,20). The topological polar surface area (TPSA) is 52.6 Å². The van der Waals surface area contributed by atoms with Crippen molar-refractivity contribution in [3.8, 4) is 0 Å². The minimum Gasteiger partial charge on any atom is -0.396 e. The molecule has 1 heterocycles. The lowest BCUT2D eigenvalue weighted by atomic mass is 9.98. The number of halogens is 3. The van der Waals surface area contributed by atoms with E-state index in [1.54, 1.807) is 0 Å². The highest BCUT2D eigenvalue weighted by Gasteiger charge is 2.23. The molecule has 20 heavy (non-hydrogen) atoms. The summed E-state index contributed by atoms with van der Waals surface area (Å²) in [5, 5.41) is 11.2. The van der Waals surface area contributed by atoms with Crippen LogP contribution in [0.4, 0.5) is 23.7 Å².